The summed E-state index contributed by atoms with van der Waals surface area (Å²) in [6, 6.07) is 4.15. The lowest BCUT2D eigenvalue weighted by atomic mass is 10.4. The zero-order valence-electron chi connectivity index (χ0n) is 11.3. The van der Waals surface area contributed by atoms with Crippen LogP contribution in [0.4, 0.5) is 11.9 Å². The molecule has 1 saturated heterocycles. The highest BCUT2D eigenvalue weighted by Crippen LogP contribution is 2.21. The number of halogens is 1. The Balaban J connectivity index is 1.81. The van der Waals surface area contributed by atoms with Crippen molar-refractivity contribution in [2.45, 2.75) is 19.4 Å². The first-order valence-corrected chi connectivity index (χ1v) is 7.88. The van der Waals surface area contributed by atoms with E-state index in [1.165, 1.54) is 17.7 Å². The summed E-state index contributed by atoms with van der Waals surface area (Å²) in [5.74, 6) is 1.32. The van der Waals surface area contributed by atoms with Crippen LogP contribution in [-0.4, -0.2) is 35.1 Å². The van der Waals surface area contributed by atoms with Crippen molar-refractivity contribution < 1.29 is 0 Å². The Bertz CT molecular complexity index is 568. The predicted molar refractivity (Wildman–Crippen MR) is 82.7 cm³/mol. The molecule has 2 aromatic rings. The Morgan fingerprint density at radius 1 is 1.30 bits per heavy atom. The van der Waals surface area contributed by atoms with Gasteiger partial charge in [0.15, 0.2) is 0 Å². The molecule has 0 N–H and O–H groups in total. The van der Waals surface area contributed by atoms with E-state index in [9.17, 15) is 0 Å². The molecular weight excluding hydrogens is 294 g/mol. The minimum atomic E-state index is 0.259. The number of thiophene rings is 1. The highest BCUT2D eigenvalue weighted by atomic mass is 35.5. The van der Waals surface area contributed by atoms with Crippen molar-refractivity contribution >= 4 is 34.8 Å². The van der Waals surface area contributed by atoms with Gasteiger partial charge in [-0.3, -0.25) is 0 Å². The fourth-order valence-electron chi connectivity index (χ4n) is 2.27. The number of anilines is 2. The lowest BCUT2D eigenvalue weighted by molar-refractivity contribution is 0.829. The summed E-state index contributed by atoms with van der Waals surface area (Å²) in [4.78, 5) is 18.5. The van der Waals surface area contributed by atoms with Crippen LogP contribution in [0.1, 0.15) is 17.7 Å². The minimum absolute atomic E-state index is 0.259. The topological polar surface area (TPSA) is 45.2 Å². The normalized spacial score (nSPS) is 14.8. The fraction of sp³-hybridized carbons (Fsp3) is 0.462. The van der Waals surface area contributed by atoms with Gasteiger partial charge in [-0.15, -0.1) is 11.3 Å². The first-order valence-electron chi connectivity index (χ1n) is 6.62. The zero-order chi connectivity index (χ0) is 13.9. The van der Waals surface area contributed by atoms with Crippen LogP contribution in [0, 0.1) is 0 Å². The van der Waals surface area contributed by atoms with Gasteiger partial charge in [0, 0.05) is 25.0 Å². The van der Waals surface area contributed by atoms with Crippen LogP contribution in [0.3, 0.4) is 0 Å². The molecule has 3 heterocycles. The summed E-state index contributed by atoms with van der Waals surface area (Å²) in [5, 5.41) is 2.33. The van der Waals surface area contributed by atoms with E-state index < -0.39 is 0 Å². The molecule has 2 aromatic heterocycles. The third-order valence-electron chi connectivity index (χ3n) is 3.29. The lowest BCUT2D eigenvalue weighted by Crippen LogP contribution is -2.24. The highest BCUT2D eigenvalue weighted by molar-refractivity contribution is 7.09. The molecule has 0 spiro atoms. The van der Waals surface area contributed by atoms with Gasteiger partial charge in [-0.2, -0.15) is 15.0 Å². The molecule has 0 aromatic carbocycles. The SMILES string of the molecule is CN(Cc1cccs1)c1nc(Cl)nc(N2CCCC2)n1. The third kappa shape index (κ3) is 3.02. The molecule has 0 aliphatic carbocycles. The first kappa shape index (κ1) is 13.6. The van der Waals surface area contributed by atoms with Crippen LogP contribution in [0.25, 0.3) is 0 Å². The molecule has 3 rings (SSSR count). The highest BCUT2D eigenvalue weighted by Gasteiger charge is 2.18. The van der Waals surface area contributed by atoms with Gasteiger partial charge in [0.25, 0.3) is 0 Å². The Labute approximate surface area is 127 Å². The van der Waals surface area contributed by atoms with E-state index in [-0.39, 0.29) is 5.28 Å². The van der Waals surface area contributed by atoms with Gasteiger partial charge in [0.2, 0.25) is 17.2 Å². The van der Waals surface area contributed by atoms with Gasteiger partial charge in [-0.1, -0.05) is 6.07 Å². The van der Waals surface area contributed by atoms with Crippen LogP contribution in [0.2, 0.25) is 5.28 Å². The van der Waals surface area contributed by atoms with Gasteiger partial charge in [-0.25, -0.2) is 0 Å². The Morgan fingerprint density at radius 2 is 2.10 bits per heavy atom. The molecule has 0 unspecified atom stereocenters. The van der Waals surface area contributed by atoms with Crippen LogP contribution in [-0.2, 0) is 6.54 Å². The average molecular weight is 310 g/mol. The summed E-state index contributed by atoms with van der Waals surface area (Å²) >= 11 is 7.76. The van der Waals surface area contributed by atoms with E-state index in [1.807, 2.05) is 18.0 Å². The number of aromatic nitrogens is 3. The van der Waals surface area contributed by atoms with E-state index in [1.54, 1.807) is 11.3 Å². The van der Waals surface area contributed by atoms with E-state index >= 15 is 0 Å². The van der Waals surface area contributed by atoms with Crippen molar-refractivity contribution in [2.75, 3.05) is 29.9 Å². The van der Waals surface area contributed by atoms with E-state index in [0.717, 1.165) is 19.6 Å². The lowest BCUT2D eigenvalue weighted by Gasteiger charge is -2.20. The summed E-state index contributed by atoms with van der Waals surface area (Å²) in [6.45, 7) is 2.76. The molecule has 0 amide bonds. The maximum absolute atomic E-state index is 6.04. The van der Waals surface area contributed by atoms with Crippen molar-refractivity contribution in [1.29, 1.82) is 0 Å². The standard InChI is InChI=1S/C13H16ClN5S/c1-18(9-10-5-4-8-20-10)12-15-11(14)16-13(17-12)19-6-2-3-7-19/h4-5,8H,2-3,6-7,9H2,1H3. The first-order chi connectivity index (χ1) is 9.72. The number of rotatable bonds is 4. The number of hydrogen-bond acceptors (Lipinski definition) is 6. The largest absolute Gasteiger partial charge is 0.341 e. The molecule has 7 heteroatoms. The average Bonchev–Trinajstić information content (AvgIpc) is 3.11. The van der Waals surface area contributed by atoms with Crippen molar-refractivity contribution in [3.05, 3.63) is 27.7 Å². The predicted octanol–water partition coefficient (Wildman–Crippen LogP) is 2.82. The molecule has 106 valence electrons. The number of nitrogens with zero attached hydrogens (tertiary/aromatic N) is 5. The molecule has 1 aliphatic heterocycles. The molecule has 5 nitrogen and oxygen atoms in total. The molecule has 0 atom stereocenters. The number of hydrogen-bond donors (Lipinski definition) is 0. The Hall–Kier alpha value is -1.40. The molecule has 1 aliphatic rings. The summed E-state index contributed by atoms with van der Waals surface area (Å²) in [5.41, 5.74) is 0. The molecular formula is C13H16ClN5S. The molecule has 1 fully saturated rings. The van der Waals surface area contributed by atoms with E-state index in [2.05, 4.69) is 31.3 Å². The van der Waals surface area contributed by atoms with Crippen molar-refractivity contribution in [2.24, 2.45) is 0 Å². The minimum Gasteiger partial charge on any atom is -0.341 e. The maximum Gasteiger partial charge on any atom is 0.231 e. The third-order valence-corrected chi connectivity index (χ3v) is 4.32. The van der Waals surface area contributed by atoms with Crippen molar-refractivity contribution in [1.82, 2.24) is 15.0 Å². The van der Waals surface area contributed by atoms with Crippen LogP contribution >= 0.6 is 22.9 Å². The summed E-state index contributed by atoms with van der Waals surface area (Å²) in [7, 11) is 1.97. The molecule has 0 saturated carbocycles. The Morgan fingerprint density at radius 3 is 2.80 bits per heavy atom. The van der Waals surface area contributed by atoms with Crippen molar-refractivity contribution in [3.8, 4) is 0 Å². The zero-order valence-corrected chi connectivity index (χ0v) is 12.9. The van der Waals surface area contributed by atoms with Crippen LogP contribution in [0.15, 0.2) is 17.5 Å². The molecule has 20 heavy (non-hydrogen) atoms. The molecule has 0 radical (unpaired) electrons. The monoisotopic (exact) mass is 309 g/mol. The van der Waals surface area contributed by atoms with Crippen LogP contribution in [0.5, 0.6) is 0 Å². The van der Waals surface area contributed by atoms with Gasteiger partial charge >= 0.3 is 0 Å². The molecule has 0 bridgehead atoms. The maximum atomic E-state index is 6.04. The van der Waals surface area contributed by atoms with Crippen LogP contribution < -0.4 is 9.80 Å². The quantitative estimate of drug-likeness (QED) is 0.869. The van der Waals surface area contributed by atoms with Gasteiger partial charge in [0.1, 0.15) is 0 Å². The van der Waals surface area contributed by atoms with Gasteiger partial charge in [0.05, 0.1) is 6.54 Å². The summed E-state index contributed by atoms with van der Waals surface area (Å²) < 4.78 is 0. The van der Waals surface area contributed by atoms with Crippen molar-refractivity contribution in [3.63, 3.8) is 0 Å². The second kappa shape index (κ2) is 5.93. The second-order valence-electron chi connectivity index (χ2n) is 4.83. The fourth-order valence-corrected chi connectivity index (χ4v) is 3.17. The van der Waals surface area contributed by atoms with Gasteiger partial charge < -0.3 is 9.80 Å². The van der Waals surface area contributed by atoms with E-state index in [4.69, 9.17) is 11.6 Å². The summed E-state index contributed by atoms with van der Waals surface area (Å²) in [6.07, 6.45) is 2.37. The van der Waals surface area contributed by atoms with Gasteiger partial charge in [-0.05, 0) is 35.9 Å². The Kier molecular flexibility index (Phi) is 4.03. The van der Waals surface area contributed by atoms with E-state index in [0.29, 0.717) is 11.9 Å². The smallest absolute Gasteiger partial charge is 0.231 e. The second-order valence-corrected chi connectivity index (χ2v) is 6.20.